The molecule has 0 bridgehead atoms. The summed E-state index contributed by atoms with van der Waals surface area (Å²) in [6.45, 7) is 4.16. The number of hydrogen-bond donors (Lipinski definition) is 0. The van der Waals surface area contributed by atoms with E-state index >= 15 is 0 Å². The van der Waals surface area contributed by atoms with E-state index in [2.05, 4.69) is 0 Å². The van der Waals surface area contributed by atoms with Crippen molar-refractivity contribution in [3.8, 4) is 17.2 Å². The van der Waals surface area contributed by atoms with Gasteiger partial charge in [0, 0.05) is 31.6 Å². The number of benzene rings is 2. The molecule has 0 saturated carbocycles. The molecule has 1 atom stereocenters. The number of ether oxygens (including phenoxy) is 4. The number of nitrogens with zero attached hydrogens (tertiary/aromatic N) is 3. The summed E-state index contributed by atoms with van der Waals surface area (Å²) in [5.74, 6) is 1.35. The molecule has 0 fully saturated rings. The molecule has 9 nitrogen and oxygen atoms in total. The van der Waals surface area contributed by atoms with E-state index in [1.807, 2.05) is 56.3 Å². The Balaban J connectivity index is 1.99. The predicted octanol–water partition coefficient (Wildman–Crippen LogP) is 3.52. The molecule has 9 heteroatoms. The highest BCUT2D eigenvalue weighted by molar-refractivity contribution is 6.03. The Morgan fingerprint density at radius 2 is 1.67 bits per heavy atom. The summed E-state index contributed by atoms with van der Waals surface area (Å²) >= 11 is 0. The van der Waals surface area contributed by atoms with E-state index in [1.165, 1.54) is 9.91 Å². The Kier molecular flexibility index (Phi) is 9.30. The molecular formula is C27H35N3O6. The van der Waals surface area contributed by atoms with Gasteiger partial charge < -0.3 is 23.8 Å². The van der Waals surface area contributed by atoms with E-state index in [-0.39, 0.29) is 24.3 Å². The standard InChI is InChI=1S/C27H35N3O6/c1-18(2)27(32)29(13-14-33-3)17-26(31)30-24(22-15-21(35-5)11-12-25(22)36-6)16-23(28-30)19-7-9-20(34-4)10-8-19/h7-12,15,18,24H,13-14,16-17H2,1-6H3/t24-/m1/s1. The van der Waals surface area contributed by atoms with Gasteiger partial charge in [-0.3, -0.25) is 9.59 Å². The summed E-state index contributed by atoms with van der Waals surface area (Å²) in [6, 6.07) is 12.6. The molecule has 2 amide bonds. The number of hydrazone groups is 1. The lowest BCUT2D eigenvalue weighted by Crippen LogP contribution is -2.44. The zero-order valence-corrected chi connectivity index (χ0v) is 21.8. The van der Waals surface area contributed by atoms with Crippen molar-refractivity contribution < 1.29 is 28.5 Å². The van der Waals surface area contributed by atoms with Crippen LogP contribution in [-0.2, 0) is 14.3 Å². The van der Waals surface area contributed by atoms with E-state index < -0.39 is 6.04 Å². The molecule has 0 aromatic heterocycles. The number of carbonyl (C=O) groups is 2. The van der Waals surface area contributed by atoms with Gasteiger partial charge in [0.05, 0.1) is 39.7 Å². The first-order valence-corrected chi connectivity index (χ1v) is 11.9. The third kappa shape index (κ3) is 6.15. The van der Waals surface area contributed by atoms with Crippen LogP contribution in [-0.4, -0.2) is 75.6 Å². The summed E-state index contributed by atoms with van der Waals surface area (Å²) in [4.78, 5) is 28.0. The van der Waals surface area contributed by atoms with Crippen LogP contribution < -0.4 is 14.2 Å². The van der Waals surface area contributed by atoms with Crippen LogP contribution in [0.15, 0.2) is 47.6 Å². The minimum Gasteiger partial charge on any atom is -0.497 e. The van der Waals surface area contributed by atoms with Crippen molar-refractivity contribution in [2.75, 3.05) is 48.1 Å². The number of hydrogen-bond acceptors (Lipinski definition) is 7. The molecule has 194 valence electrons. The number of amides is 2. The summed E-state index contributed by atoms with van der Waals surface area (Å²) in [5.41, 5.74) is 2.41. The van der Waals surface area contributed by atoms with Gasteiger partial charge in [0.25, 0.3) is 5.91 Å². The molecule has 0 spiro atoms. The maximum absolute atomic E-state index is 13.7. The van der Waals surface area contributed by atoms with Crippen LogP contribution in [0.3, 0.4) is 0 Å². The number of methoxy groups -OCH3 is 4. The molecule has 36 heavy (non-hydrogen) atoms. The highest BCUT2D eigenvalue weighted by Crippen LogP contribution is 2.39. The van der Waals surface area contributed by atoms with Gasteiger partial charge >= 0.3 is 0 Å². The van der Waals surface area contributed by atoms with Crippen molar-refractivity contribution in [3.63, 3.8) is 0 Å². The Hall–Kier alpha value is -3.59. The second-order valence-electron chi connectivity index (χ2n) is 8.75. The summed E-state index contributed by atoms with van der Waals surface area (Å²) in [6.07, 6.45) is 0.470. The van der Waals surface area contributed by atoms with E-state index in [1.54, 1.807) is 28.4 Å². The largest absolute Gasteiger partial charge is 0.497 e. The van der Waals surface area contributed by atoms with Crippen molar-refractivity contribution in [2.24, 2.45) is 11.0 Å². The van der Waals surface area contributed by atoms with Crippen molar-refractivity contribution >= 4 is 17.5 Å². The lowest BCUT2D eigenvalue weighted by Gasteiger charge is -2.28. The van der Waals surface area contributed by atoms with E-state index in [4.69, 9.17) is 24.0 Å². The Bertz CT molecular complexity index is 1080. The first kappa shape index (κ1) is 27.0. The van der Waals surface area contributed by atoms with Gasteiger partial charge in [-0.1, -0.05) is 13.8 Å². The lowest BCUT2D eigenvalue weighted by atomic mass is 9.97. The Morgan fingerprint density at radius 1 is 1.00 bits per heavy atom. The fourth-order valence-corrected chi connectivity index (χ4v) is 4.11. The predicted molar refractivity (Wildman–Crippen MR) is 137 cm³/mol. The van der Waals surface area contributed by atoms with Gasteiger partial charge in [0.1, 0.15) is 23.8 Å². The van der Waals surface area contributed by atoms with Crippen LogP contribution in [0.1, 0.15) is 37.4 Å². The van der Waals surface area contributed by atoms with Crippen molar-refractivity contribution in [1.82, 2.24) is 9.91 Å². The first-order valence-electron chi connectivity index (χ1n) is 11.9. The lowest BCUT2D eigenvalue weighted by molar-refractivity contribution is -0.143. The van der Waals surface area contributed by atoms with E-state index in [0.29, 0.717) is 31.1 Å². The zero-order chi connectivity index (χ0) is 26.2. The monoisotopic (exact) mass is 497 g/mol. The first-order chi connectivity index (χ1) is 17.3. The molecule has 0 saturated heterocycles. The Morgan fingerprint density at radius 3 is 2.25 bits per heavy atom. The second-order valence-corrected chi connectivity index (χ2v) is 8.75. The molecule has 1 aliphatic heterocycles. The van der Waals surface area contributed by atoms with Crippen LogP contribution >= 0.6 is 0 Å². The number of carbonyl (C=O) groups excluding carboxylic acids is 2. The molecule has 0 aliphatic carbocycles. The fourth-order valence-electron chi connectivity index (χ4n) is 4.11. The van der Waals surface area contributed by atoms with Crippen LogP contribution in [0.5, 0.6) is 17.2 Å². The van der Waals surface area contributed by atoms with Gasteiger partial charge in [-0.25, -0.2) is 5.01 Å². The Labute approximate surface area is 212 Å². The third-order valence-electron chi connectivity index (χ3n) is 6.08. The van der Waals surface area contributed by atoms with Crippen LogP contribution in [0.2, 0.25) is 0 Å². The van der Waals surface area contributed by atoms with Gasteiger partial charge in [-0.05, 0) is 48.0 Å². The summed E-state index contributed by atoms with van der Waals surface area (Å²) < 4.78 is 21.5. The maximum atomic E-state index is 13.7. The molecule has 1 aliphatic rings. The smallest absolute Gasteiger partial charge is 0.262 e. The van der Waals surface area contributed by atoms with E-state index in [9.17, 15) is 9.59 Å². The molecule has 0 unspecified atom stereocenters. The molecule has 3 rings (SSSR count). The summed E-state index contributed by atoms with van der Waals surface area (Å²) in [7, 11) is 6.36. The minimum absolute atomic E-state index is 0.109. The van der Waals surface area contributed by atoms with Gasteiger partial charge in [-0.2, -0.15) is 5.10 Å². The van der Waals surface area contributed by atoms with Gasteiger partial charge in [0.15, 0.2) is 0 Å². The fraction of sp³-hybridized carbons (Fsp3) is 0.444. The SMILES string of the molecule is COCCN(CC(=O)N1N=C(c2ccc(OC)cc2)C[C@@H]1c1cc(OC)ccc1OC)C(=O)C(C)C. The van der Waals surface area contributed by atoms with Gasteiger partial charge in [0.2, 0.25) is 5.91 Å². The maximum Gasteiger partial charge on any atom is 0.262 e. The highest BCUT2D eigenvalue weighted by atomic mass is 16.5. The van der Waals surface area contributed by atoms with Crippen molar-refractivity contribution in [3.05, 3.63) is 53.6 Å². The van der Waals surface area contributed by atoms with Crippen molar-refractivity contribution in [1.29, 1.82) is 0 Å². The average Bonchev–Trinajstić information content (AvgIpc) is 3.35. The number of rotatable bonds is 11. The molecule has 0 N–H and O–H groups in total. The van der Waals surface area contributed by atoms with Crippen LogP contribution in [0, 0.1) is 5.92 Å². The van der Waals surface area contributed by atoms with Crippen LogP contribution in [0.25, 0.3) is 0 Å². The molecule has 2 aromatic rings. The molecule has 1 heterocycles. The zero-order valence-electron chi connectivity index (χ0n) is 21.8. The molecular weight excluding hydrogens is 462 g/mol. The second kappa shape index (κ2) is 12.4. The third-order valence-corrected chi connectivity index (χ3v) is 6.08. The normalized spacial score (nSPS) is 15.0. The highest BCUT2D eigenvalue weighted by Gasteiger charge is 2.36. The van der Waals surface area contributed by atoms with Gasteiger partial charge in [-0.15, -0.1) is 0 Å². The topological polar surface area (TPSA) is 89.9 Å². The molecule has 2 aromatic carbocycles. The van der Waals surface area contributed by atoms with Crippen molar-refractivity contribution in [2.45, 2.75) is 26.3 Å². The van der Waals surface area contributed by atoms with Crippen LogP contribution in [0.4, 0.5) is 0 Å². The minimum atomic E-state index is -0.432. The average molecular weight is 498 g/mol. The summed E-state index contributed by atoms with van der Waals surface area (Å²) in [5, 5.41) is 6.20. The molecule has 0 radical (unpaired) electrons. The quantitative estimate of drug-likeness (QED) is 0.472. The van der Waals surface area contributed by atoms with E-state index in [0.717, 1.165) is 22.6 Å².